The molecule has 56 heavy (non-hydrogen) atoms. The van der Waals surface area contributed by atoms with Gasteiger partial charge in [-0.15, -0.1) is 0 Å². The molecule has 0 N–H and O–H groups in total. The first-order chi connectivity index (χ1) is 26.3. The normalized spacial score (nSPS) is 13.1. The second kappa shape index (κ2) is 15.4. The third-order valence-corrected chi connectivity index (χ3v) is 13.0. The van der Waals surface area contributed by atoms with Gasteiger partial charge >= 0.3 is 40.5 Å². The molecule has 18 heteroatoms. The van der Waals surface area contributed by atoms with Crippen LogP contribution in [0.3, 0.4) is 0 Å². The van der Waals surface area contributed by atoms with Crippen molar-refractivity contribution >= 4 is 73.4 Å². The van der Waals surface area contributed by atoms with Crippen LogP contribution in [0.4, 0.5) is 0 Å². The van der Waals surface area contributed by atoms with Crippen molar-refractivity contribution in [2.24, 2.45) is 10.3 Å². The average molecular weight is 837 g/mol. The fourth-order valence-electron chi connectivity index (χ4n) is 5.01. The number of rotatable bonds is 13. The van der Waals surface area contributed by atoms with Crippen molar-refractivity contribution in [3.8, 4) is 11.5 Å². The summed E-state index contributed by atoms with van der Waals surface area (Å²) in [6.45, 7) is 6.30. The van der Waals surface area contributed by atoms with Crippen LogP contribution in [0.25, 0.3) is 21.5 Å². The molecule has 6 rings (SSSR count). The topological polar surface area (TPSA) is 198 Å². The Kier molecular flexibility index (Phi) is 10.9. The molecule has 6 aromatic carbocycles. The van der Waals surface area contributed by atoms with Crippen LogP contribution < -0.4 is 8.37 Å². The lowest BCUT2D eigenvalue weighted by atomic mass is 10.1. The minimum absolute atomic E-state index is 0.0183. The van der Waals surface area contributed by atoms with E-state index < -0.39 is 40.5 Å². The summed E-state index contributed by atoms with van der Waals surface area (Å²) in [6.07, 6.45) is 0. The standard InChI is InChI=1S/C38H32N2O12S4/c1-25-5-15-35(16-6-25)53(41,42)49-33-13-9-31-23-37(19-11-29(31)21-33)55(45,46)51-39-27(3)28(4)40-52-56(47,48)38-20-12-30-22-34(14-10-32(30)24-38)50-54(43,44)36-17-7-26(2)8-18-36/h5-24H,1-4H3/b39-27-,40-28-. The van der Waals surface area contributed by atoms with Crippen LogP contribution in [-0.4, -0.2) is 45.1 Å². The van der Waals surface area contributed by atoms with Gasteiger partial charge in [0.25, 0.3) is 0 Å². The van der Waals surface area contributed by atoms with Crippen LogP contribution >= 0.6 is 0 Å². The molecule has 0 aliphatic heterocycles. The van der Waals surface area contributed by atoms with E-state index in [1.165, 1.54) is 111 Å². The molecule has 14 nitrogen and oxygen atoms in total. The van der Waals surface area contributed by atoms with E-state index in [0.29, 0.717) is 21.5 Å². The van der Waals surface area contributed by atoms with Crippen LogP contribution in [0.2, 0.25) is 0 Å². The number of hydrogen-bond acceptors (Lipinski definition) is 14. The van der Waals surface area contributed by atoms with Gasteiger partial charge in [-0.25, -0.2) is 0 Å². The third-order valence-electron chi connectivity index (χ3n) is 8.24. The fourth-order valence-corrected chi connectivity index (χ4v) is 8.46. The van der Waals surface area contributed by atoms with Crippen molar-refractivity contribution < 1.29 is 50.6 Å². The Bertz CT molecular complexity index is 2790. The fraction of sp³-hybridized carbons (Fsp3) is 0.105. The second-order valence-electron chi connectivity index (χ2n) is 12.5. The zero-order valence-electron chi connectivity index (χ0n) is 30.0. The van der Waals surface area contributed by atoms with Crippen LogP contribution in [0.1, 0.15) is 25.0 Å². The number of hydrogen-bond donors (Lipinski definition) is 0. The molecule has 0 aromatic heterocycles. The Hall–Kier alpha value is -5.82. The predicted octanol–water partition coefficient (Wildman–Crippen LogP) is 7.01. The largest absolute Gasteiger partial charge is 0.379 e. The van der Waals surface area contributed by atoms with Gasteiger partial charge in [-0.2, -0.15) is 33.7 Å². The Morgan fingerprint density at radius 1 is 0.393 bits per heavy atom. The summed E-state index contributed by atoms with van der Waals surface area (Å²) in [5, 5.41) is 9.01. The summed E-state index contributed by atoms with van der Waals surface area (Å²) < 4.78 is 123. The van der Waals surface area contributed by atoms with E-state index in [4.69, 9.17) is 16.9 Å². The lowest BCUT2D eigenvalue weighted by molar-refractivity contribution is 0.334. The highest BCUT2D eigenvalue weighted by atomic mass is 32.2. The molecule has 0 bridgehead atoms. The number of fused-ring (bicyclic) bond motifs is 2. The highest BCUT2D eigenvalue weighted by Gasteiger charge is 2.21. The quantitative estimate of drug-likeness (QED) is 0.0656. The zero-order chi connectivity index (χ0) is 40.5. The van der Waals surface area contributed by atoms with Crippen molar-refractivity contribution in [3.05, 3.63) is 132 Å². The smallest absolute Gasteiger partial charge is 0.358 e. The number of oxime groups is 2. The molecule has 290 valence electrons. The maximum absolute atomic E-state index is 13.0. The van der Waals surface area contributed by atoms with Crippen molar-refractivity contribution in [1.29, 1.82) is 0 Å². The number of aryl methyl sites for hydroxylation is 2. The van der Waals surface area contributed by atoms with Gasteiger partial charge in [0, 0.05) is 0 Å². The Morgan fingerprint density at radius 3 is 1.05 bits per heavy atom. The molecular formula is C38H32N2O12S4. The summed E-state index contributed by atoms with van der Waals surface area (Å²) >= 11 is 0. The SMILES string of the molecule is CC(=N/OS(=O)(=O)c1ccc2cc(OS(=O)(=O)c3ccc(C)cc3)ccc2c1)/C(C)=N\OS(=O)(=O)c1ccc2cc(OS(=O)(=O)c3ccc(C)cc3)ccc2c1. The van der Waals surface area contributed by atoms with Crippen molar-refractivity contribution in [1.82, 2.24) is 0 Å². The highest BCUT2D eigenvalue weighted by Crippen LogP contribution is 2.29. The van der Waals surface area contributed by atoms with Gasteiger partial charge in [0.05, 0.1) is 0 Å². The molecule has 0 unspecified atom stereocenters. The minimum Gasteiger partial charge on any atom is -0.379 e. The minimum atomic E-state index is -4.47. The Labute approximate surface area is 324 Å². The maximum Gasteiger partial charge on any atom is 0.358 e. The van der Waals surface area contributed by atoms with E-state index >= 15 is 0 Å². The van der Waals surface area contributed by atoms with Crippen LogP contribution in [0.15, 0.2) is 151 Å². The lowest BCUT2D eigenvalue weighted by Gasteiger charge is -2.09. The second-order valence-corrected chi connectivity index (χ2v) is 18.6. The summed E-state index contributed by atoms with van der Waals surface area (Å²) in [7, 11) is -17.1. The highest BCUT2D eigenvalue weighted by molar-refractivity contribution is 7.87. The monoisotopic (exact) mass is 836 g/mol. The van der Waals surface area contributed by atoms with Crippen molar-refractivity contribution in [2.75, 3.05) is 0 Å². The molecule has 0 aliphatic rings. The molecule has 0 fully saturated rings. The number of benzene rings is 6. The van der Waals surface area contributed by atoms with Crippen LogP contribution in [0.5, 0.6) is 11.5 Å². The molecule has 0 amide bonds. The van der Waals surface area contributed by atoms with E-state index in [0.717, 1.165) is 11.1 Å². The summed E-state index contributed by atoms with van der Waals surface area (Å²) in [6, 6.07) is 28.9. The van der Waals surface area contributed by atoms with E-state index in [9.17, 15) is 33.7 Å². The molecule has 0 atom stereocenters. The van der Waals surface area contributed by atoms with Crippen LogP contribution in [0, 0.1) is 13.8 Å². The molecule has 0 heterocycles. The van der Waals surface area contributed by atoms with Gasteiger partial charge in [0.1, 0.15) is 42.5 Å². The maximum atomic E-state index is 13.0. The van der Waals surface area contributed by atoms with Crippen molar-refractivity contribution in [3.63, 3.8) is 0 Å². The average Bonchev–Trinajstić information content (AvgIpc) is 3.15. The molecule has 0 radical (unpaired) electrons. The van der Waals surface area contributed by atoms with Gasteiger partial charge in [-0.05, 0) is 122 Å². The summed E-state index contributed by atoms with van der Waals surface area (Å²) in [4.78, 5) is -0.567. The third kappa shape index (κ3) is 9.16. The zero-order valence-corrected chi connectivity index (χ0v) is 33.2. The first-order valence-corrected chi connectivity index (χ1v) is 22.0. The van der Waals surface area contributed by atoms with Crippen LogP contribution in [-0.2, 0) is 49.0 Å². The van der Waals surface area contributed by atoms with E-state index in [1.54, 1.807) is 24.3 Å². The molecule has 0 aliphatic carbocycles. The number of nitrogens with zero attached hydrogens (tertiary/aromatic N) is 2. The first-order valence-electron chi connectivity index (χ1n) is 16.4. The molecule has 0 saturated carbocycles. The van der Waals surface area contributed by atoms with Gasteiger partial charge in [-0.1, -0.05) is 70.0 Å². The lowest BCUT2D eigenvalue weighted by Crippen LogP contribution is -2.12. The predicted molar refractivity (Wildman–Crippen MR) is 209 cm³/mol. The molecule has 0 spiro atoms. The molecule has 6 aromatic rings. The Balaban J connectivity index is 1.10. The summed E-state index contributed by atoms with van der Waals surface area (Å²) in [5.41, 5.74) is 1.53. The van der Waals surface area contributed by atoms with Crippen molar-refractivity contribution in [2.45, 2.75) is 47.3 Å². The van der Waals surface area contributed by atoms with Gasteiger partial charge < -0.3 is 8.37 Å². The van der Waals surface area contributed by atoms with Gasteiger partial charge in [0.15, 0.2) is 0 Å². The first kappa shape index (κ1) is 39.9. The molecular weight excluding hydrogens is 805 g/mol. The van der Waals surface area contributed by atoms with E-state index in [-0.39, 0.29) is 42.5 Å². The van der Waals surface area contributed by atoms with Gasteiger partial charge in [-0.3, -0.25) is 8.57 Å². The molecule has 0 saturated heterocycles. The van der Waals surface area contributed by atoms with Gasteiger partial charge in [0.2, 0.25) is 0 Å². The summed E-state index contributed by atoms with van der Waals surface area (Å²) in [5.74, 6) is 0.0522. The van der Waals surface area contributed by atoms with E-state index in [2.05, 4.69) is 10.3 Å². The van der Waals surface area contributed by atoms with E-state index in [1.807, 2.05) is 13.8 Å². The Morgan fingerprint density at radius 2 is 0.696 bits per heavy atom.